The Kier molecular flexibility index (Phi) is 4.92. The standard InChI is InChI=1S/C14H19N3O2S/c1-3-7-15-10(4-2)14-17-16-13(20-14)9-5-6-11(18)12(19)8-9/h5-6,8,10,15,18-19H,3-4,7H2,1-2H3. The van der Waals surface area contributed by atoms with Crippen molar-refractivity contribution in [2.75, 3.05) is 6.54 Å². The average molecular weight is 293 g/mol. The Morgan fingerprint density at radius 3 is 2.65 bits per heavy atom. The van der Waals surface area contributed by atoms with Crippen LogP contribution in [-0.2, 0) is 0 Å². The summed E-state index contributed by atoms with van der Waals surface area (Å²) in [5.74, 6) is -0.273. The third-order valence-corrected chi connectivity index (χ3v) is 4.10. The molecule has 6 heteroatoms. The minimum absolute atomic E-state index is 0.130. The highest BCUT2D eigenvalue weighted by atomic mass is 32.1. The molecule has 1 atom stereocenters. The van der Waals surface area contributed by atoms with Gasteiger partial charge in [0.1, 0.15) is 10.0 Å². The molecule has 3 N–H and O–H groups in total. The van der Waals surface area contributed by atoms with E-state index in [9.17, 15) is 10.2 Å². The van der Waals surface area contributed by atoms with E-state index in [1.165, 1.54) is 23.5 Å². The molecule has 0 fully saturated rings. The molecule has 0 aliphatic heterocycles. The van der Waals surface area contributed by atoms with E-state index in [4.69, 9.17) is 0 Å². The smallest absolute Gasteiger partial charge is 0.158 e. The lowest BCUT2D eigenvalue weighted by Gasteiger charge is -2.12. The molecule has 0 saturated carbocycles. The summed E-state index contributed by atoms with van der Waals surface area (Å²) in [6, 6.07) is 4.89. The molecule has 0 aliphatic rings. The lowest BCUT2D eigenvalue weighted by molar-refractivity contribution is 0.404. The molecule has 1 heterocycles. The van der Waals surface area contributed by atoms with Crippen molar-refractivity contribution < 1.29 is 10.2 Å². The summed E-state index contributed by atoms with van der Waals surface area (Å²) < 4.78 is 0. The molecular formula is C14H19N3O2S. The highest BCUT2D eigenvalue weighted by Crippen LogP contribution is 2.33. The lowest BCUT2D eigenvalue weighted by atomic mass is 10.2. The number of phenolic OH excluding ortho intramolecular Hbond substituents is 2. The average Bonchev–Trinajstić information content (AvgIpc) is 2.92. The fourth-order valence-electron chi connectivity index (χ4n) is 1.87. The molecular weight excluding hydrogens is 274 g/mol. The monoisotopic (exact) mass is 293 g/mol. The molecule has 0 saturated heterocycles. The highest BCUT2D eigenvalue weighted by molar-refractivity contribution is 7.14. The van der Waals surface area contributed by atoms with Crippen LogP contribution in [0.1, 0.15) is 37.7 Å². The number of rotatable bonds is 6. The van der Waals surface area contributed by atoms with Gasteiger partial charge in [-0.25, -0.2) is 0 Å². The van der Waals surface area contributed by atoms with E-state index in [0.29, 0.717) is 0 Å². The molecule has 0 radical (unpaired) electrons. The Morgan fingerprint density at radius 1 is 1.20 bits per heavy atom. The van der Waals surface area contributed by atoms with Crippen molar-refractivity contribution in [2.45, 2.75) is 32.7 Å². The van der Waals surface area contributed by atoms with Crippen LogP contribution in [0.5, 0.6) is 11.5 Å². The Bertz CT molecular complexity index is 571. The molecule has 2 rings (SSSR count). The van der Waals surface area contributed by atoms with E-state index in [2.05, 4.69) is 29.4 Å². The van der Waals surface area contributed by atoms with Crippen LogP contribution in [0.15, 0.2) is 18.2 Å². The van der Waals surface area contributed by atoms with Gasteiger partial charge in [-0.05, 0) is 37.6 Å². The van der Waals surface area contributed by atoms with Crippen LogP contribution in [0.4, 0.5) is 0 Å². The van der Waals surface area contributed by atoms with Crippen LogP contribution in [0.25, 0.3) is 10.6 Å². The molecule has 5 nitrogen and oxygen atoms in total. The van der Waals surface area contributed by atoms with Crippen LogP contribution >= 0.6 is 11.3 Å². The van der Waals surface area contributed by atoms with E-state index < -0.39 is 0 Å². The minimum atomic E-state index is -0.143. The second kappa shape index (κ2) is 6.67. The molecule has 1 aromatic carbocycles. The van der Waals surface area contributed by atoms with Crippen LogP contribution in [0.3, 0.4) is 0 Å². The van der Waals surface area contributed by atoms with E-state index in [0.717, 1.165) is 35.0 Å². The first kappa shape index (κ1) is 14.7. The maximum absolute atomic E-state index is 9.53. The molecule has 108 valence electrons. The number of aromatic nitrogens is 2. The molecule has 0 amide bonds. The topological polar surface area (TPSA) is 78.3 Å². The van der Waals surface area contributed by atoms with Crippen molar-refractivity contribution in [3.63, 3.8) is 0 Å². The van der Waals surface area contributed by atoms with Crippen molar-refractivity contribution in [3.8, 4) is 22.1 Å². The van der Waals surface area contributed by atoms with E-state index >= 15 is 0 Å². The van der Waals surface area contributed by atoms with Gasteiger partial charge in [0.2, 0.25) is 0 Å². The maximum Gasteiger partial charge on any atom is 0.158 e. The first-order valence-corrected chi connectivity index (χ1v) is 7.56. The van der Waals surface area contributed by atoms with E-state index in [1.54, 1.807) is 6.07 Å². The zero-order chi connectivity index (χ0) is 14.5. The summed E-state index contributed by atoms with van der Waals surface area (Å²) in [6.07, 6.45) is 2.03. The molecule has 0 bridgehead atoms. The van der Waals surface area contributed by atoms with Crippen LogP contribution in [-0.4, -0.2) is 27.0 Å². The van der Waals surface area contributed by atoms with Crippen molar-refractivity contribution in [3.05, 3.63) is 23.2 Å². The molecule has 0 spiro atoms. The normalized spacial score (nSPS) is 12.5. The van der Waals surface area contributed by atoms with Gasteiger partial charge in [-0.2, -0.15) is 0 Å². The fourth-order valence-corrected chi connectivity index (χ4v) is 2.87. The minimum Gasteiger partial charge on any atom is -0.504 e. The molecule has 2 aromatic rings. The summed E-state index contributed by atoms with van der Waals surface area (Å²) in [4.78, 5) is 0. The number of aromatic hydroxyl groups is 2. The van der Waals surface area contributed by atoms with Crippen molar-refractivity contribution in [1.29, 1.82) is 0 Å². The maximum atomic E-state index is 9.53. The molecule has 20 heavy (non-hydrogen) atoms. The van der Waals surface area contributed by atoms with Crippen LogP contribution in [0.2, 0.25) is 0 Å². The van der Waals surface area contributed by atoms with Gasteiger partial charge in [-0.3, -0.25) is 0 Å². The number of hydrogen-bond donors (Lipinski definition) is 3. The van der Waals surface area contributed by atoms with Gasteiger partial charge in [0, 0.05) is 5.56 Å². The largest absolute Gasteiger partial charge is 0.504 e. The second-order valence-electron chi connectivity index (χ2n) is 4.56. The lowest BCUT2D eigenvalue weighted by Crippen LogP contribution is -2.21. The van der Waals surface area contributed by atoms with Crippen molar-refractivity contribution in [2.24, 2.45) is 0 Å². The number of hydrogen-bond acceptors (Lipinski definition) is 6. The predicted molar refractivity (Wildman–Crippen MR) is 80.0 cm³/mol. The number of phenols is 2. The SMILES string of the molecule is CCCNC(CC)c1nnc(-c2ccc(O)c(O)c2)s1. The second-order valence-corrected chi connectivity index (χ2v) is 5.57. The predicted octanol–water partition coefficient (Wildman–Crippen LogP) is 3.07. The zero-order valence-electron chi connectivity index (χ0n) is 11.6. The Hall–Kier alpha value is -1.66. The fraction of sp³-hybridized carbons (Fsp3) is 0.429. The van der Waals surface area contributed by atoms with Gasteiger partial charge in [-0.1, -0.05) is 25.2 Å². The van der Waals surface area contributed by atoms with Gasteiger partial charge in [-0.15, -0.1) is 10.2 Å². The highest BCUT2D eigenvalue weighted by Gasteiger charge is 2.15. The van der Waals surface area contributed by atoms with Gasteiger partial charge in [0.25, 0.3) is 0 Å². The van der Waals surface area contributed by atoms with Gasteiger partial charge >= 0.3 is 0 Å². The van der Waals surface area contributed by atoms with Crippen molar-refractivity contribution in [1.82, 2.24) is 15.5 Å². The summed E-state index contributed by atoms with van der Waals surface area (Å²) >= 11 is 1.51. The zero-order valence-corrected chi connectivity index (χ0v) is 12.4. The first-order valence-electron chi connectivity index (χ1n) is 6.74. The van der Waals surface area contributed by atoms with Crippen molar-refractivity contribution >= 4 is 11.3 Å². The van der Waals surface area contributed by atoms with Gasteiger partial charge < -0.3 is 15.5 Å². The summed E-state index contributed by atoms with van der Waals surface area (Å²) in [5, 5.41) is 32.4. The summed E-state index contributed by atoms with van der Waals surface area (Å²) in [6.45, 7) is 5.19. The van der Waals surface area contributed by atoms with Gasteiger partial charge in [0.05, 0.1) is 6.04 Å². The summed E-state index contributed by atoms with van der Waals surface area (Å²) in [7, 11) is 0. The Labute approximate surface area is 122 Å². The Balaban J connectivity index is 2.20. The van der Waals surface area contributed by atoms with E-state index in [-0.39, 0.29) is 17.5 Å². The Morgan fingerprint density at radius 2 is 2.00 bits per heavy atom. The first-order chi connectivity index (χ1) is 9.65. The summed E-state index contributed by atoms with van der Waals surface area (Å²) in [5.41, 5.74) is 0.759. The number of nitrogens with zero attached hydrogens (tertiary/aromatic N) is 2. The quantitative estimate of drug-likeness (QED) is 0.713. The molecule has 1 unspecified atom stereocenters. The third kappa shape index (κ3) is 3.26. The number of benzene rings is 1. The van der Waals surface area contributed by atoms with Crippen LogP contribution < -0.4 is 5.32 Å². The number of nitrogens with one attached hydrogen (secondary N) is 1. The molecule has 1 aromatic heterocycles. The van der Waals surface area contributed by atoms with E-state index in [1.807, 2.05) is 0 Å². The van der Waals surface area contributed by atoms with Crippen LogP contribution in [0, 0.1) is 0 Å². The molecule has 0 aliphatic carbocycles. The third-order valence-electron chi connectivity index (χ3n) is 3.01. The van der Waals surface area contributed by atoms with Gasteiger partial charge in [0.15, 0.2) is 11.5 Å².